The van der Waals surface area contributed by atoms with Crippen LogP contribution in [-0.2, 0) is 6.61 Å². The standard InChI is InChI=1S/C13H13NO3/c15-8-9-6-13(16)17-12-7-10(2-3-11(9)12)14-4-1-5-14/h2-3,6-7,15H,1,4-5,8H2. The van der Waals surface area contributed by atoms with Crippen molar-refractivity contribution in [2.24, 2.45) is 0 Å². The van der Waals surface area contributed by atoms with E-state index in [9.17, 15) is 9.90 Å². The second-order valence-corrected chi connectivity index (χ2v) is 4.27. The Hall–Kier alpha value is -1.81. The third-order valence-electron chi connectivity index (χ3n) is 3.21. The van der Waals surface area contributed by atoms with E-state index in [0.717, 1.165) is 24.2 Å². The fraction of sp³-hybridized carbons (Fsp3) is 0.308. The topological polar surface area (TPSA) is 53.7 Å². The van der Waals surface area contributed by atoms with Gasteiger partial charge in [-0.1, -0.05) is 0 Å². The van der Waals surface area contributed by atoms with Crippen LogP contribution in [0, 0.1) is 0 Å². The summed E-state index contributed by atoms with van der Waals surface area (Å²) in [7, 11) is 0. The van der Waals surface area contributed by atoms with E-state index < -0.39 is 5.63 Å². The highest BCUT2D eigenvalue weighted by Gasteiger charge is 2.15. The number of benzene rings is 1. The van der Waals surface area contributed by atoms with E-state index in [2.05, 4.69) is 4.90 Å². The lowest BCUT2D eigenvalue weighted by molar-refractivity contribution is 0.282. The maximum Gasteiger partial charge on any atom is 0.336 e. The van der Waals surface area contributed by atoms with Gasteiger partial charge in [-0.2, -0.15) is 0 Å². The number of fused-ring (bicyclic) bond motifs is 1. The summed E-state index contributed by atoms with van der Waals surface area (Å²) in [4.78, 5) is 13.6. The molecule has 0 aliphatic carbocycles. The molecule has 4 heteroatoms. The highest BCUT2D eigenvalue weighted by Crippen LogP contribution is 2.26. The molecule has 88 valence electrons. The molecule has 1 aromatic heterocycles. The second-order valence-electron chi connectivity index (χ2n) is 4.27. The maximum atomic E-state index is 11.3. The van der Waals surface area contributed by atoms with Crippen LogP contribution in [0.1, 0.15) is 12.0 Å². The SMILES string of the molecule is O=c1cc(CO)c2ccc(N3CCC3)cc2o1. The molecule has 17 heavy (non-hydrogen) atoms. The summed E-state index contributed by atoms with van der Waals surface area (Å²) in [5.41, 5.74) is 1.82. The maximum absolute atomic E-state index is 11.3. The second kappa shape index (κ2) is 3.89. The summed E-state index contributed by atoms with van der Waals surface area (Å²) in [6.45, 7) is 1.95. The largest absolute Gasteiger partial charge is 0.423 e. The van der Waals surface area contributed by atoms with Crippen LogP contribution in [0.25, 0.3) is 11.0 Å². The molecule has 3 rings (SSSR count). The van der Waals surface area contributed by atoms with E-state index in [0.29, 0.717) is 11.1 Å². The molecule has 1 N–H and O–H groups in total. The average Bonchev–Trinajstić information content (AvgIpc) is 2.25. The van der Waals surface area contributed by atoms with Crippen LogP contribution >= 0.6 is 0 Å². The van der Waals surface area contributed by atoms with Crippen LogP contribution in [0.15, 0.2) is 33.5 Å². The van der Waals surface area contributed by atoms with E-state index in [-0.39, 0.29) is 6.61 Å². The summed E-state index contributed by atoms with van der Waals surface area (Å²) in [5.74, 6) is 0. The molecule has 1 fully saturated rings. The number of nitrogens with zero attached hydrogens (tertiary/aromatic N) is 1. The predicted octanol–water partition coefficient (Wildman–Crippen LogP) is 1.50. The Morgan fingerprint density at radius 3 is 2.76 bits per heavy atom. The predicted molar refractivity (Wildman–Crippen MR) is 65.2 cm³/mol. The molecule has 1 aromatic carbocycles. The van der Waals surface area contributed by atoms with E-state index in [1.165, 1.54) is 12.5 Å². The Bertz CT molecular complexity index is 614. The lowest BCUT2D eigenvalue weighted by Crippen LogP contribution is -2.36. The van der Waals surface area contributed by atoms with Gasteiger partial charge in [0.2, 0.25) is 0 Å². The molecule has 1 saturated heterocycles. The van der Waals surface area contributed by atoms with Gasteiger partial charge >= 0.3 is 5.63 Å². The fourth-order valence-corrected chi connectivity index (χ4v) is 2.12. The molecule has 4 nitrogen and oxygen atoms in total. The number of anilines is 1. The lowest BCUT2D eigenvalue weighted by Gasteiger charge is -2.33. The van der Waals surface area contributed by atoms with Gasteiger partial charge in [0.15, 0.2) is 0 Å². The molecule has 2 aromatic rings. The third-order valence-corrected chi connectivity index (χ3v) is 3.21. The average molecular weight is 231 g/mol. The minimum atomic E-state index is -0.415. The fourth-order valence-electron chi connectivity index (χ4n) is 2.12. The van der Waals surface area contributed by atoms with Crippen LogP contribution < -0.4 is 10.5 Å². The molecule has 0 radical (unpaired) electrons. The molecule has 0 amide bonds. The number of hydrogen-bond acceptors (Lipinski definition) is 4. The molecule has 0 atom stereocenters. The van der Waals surface area contributed by atoms with Gasteiger partial charge in [0.05, 0.1) is 6.61 Å². The summed E-state index contributed by atoms with van der Waals surface area (Å²) < 4.78 is 5.17. The van der Waals surface area contributed by atoms with Crippen LogP contribution in [0.4, 0.5) is 5.69 Å². The van der Waals surface area contributed by atoms with Gasteiger partial charge in [0.25, 0.3) is 0 Å². The van der Waals surface area contributed by atoms with Crippen molar-refractivity contribution in [3.8, 4) is 0 Å². The minimum absolute atomic E-state index is 0.148. The zero-order chi connectivity index (χ0) is 11.8. The Morgan fingerprint density at radius 1 is 1.29 bits per heavy atom. The molecule has 0 spiro atoms. The molecule has 1 aliphatic heterocycles. The first-order valence-electron chi connectivity index (χ1n) is 5.70. The van der Waals surface area contributed by atoms with Crippen molar-refractivity contribution in [2.75, 3.05) is 18.0 Å². The van der Waals surface area contributed by atoms with E-state index >= 15 is 0 Å². The number of aliphatic hydroxyl groups is 1. The van der Waals surface area contributed by atoms with Gasteiger partial charge in [-0.15, -0.1) is 0 Å². The number of aliphatic hydroxyl groups excluding tert-OH is 1. The monoisotopic (exact) mass is 231 g/mol. The van der Waals surface area contributed by atoms with E-state index in [1.54, 1.807) is 0 Å². The van der Waals surface area contributed by atoms with Gasteiger partial charge in [0, 0.05) is 36.3 Å². The lowest BCUT2D eigenvalue weighted by atomic mass is 10.1. The highest BCUT2D eigenvalue weighted by atomic mass is 16.4. The quantitative estimate of drug-likeness (QED) is 0.796. The van der Waals surface area contributed by atoms with Crippen LogP contribution in [0.2, 0.25) is 0 Å². The summed E-state index contributed by atoms with van der Waals surface area (Å²) in [5, 5.41) is 10.0. The molecule has 0 unspecified atom stereocenters. The van der Waals surface area contributed by atoms with Crippen LogP contribution in [0.3, 0.4) is 0 Å². The Labute approximate surface area is 98.1 Å². The van der Waals surface area contributed by atoms with Crippen LogP contribution in [0.5, 0.6) is 0 Å². The molecular weight excluding hydrogens is 218 g/mol. The smallest absolute Gasteiger partial charge is 0.336 e. The van der Waals surface area contributed by atoms with E-state index in [1.807, 2.05) is 18.2 Å². The summed E-state index contributed by atoms with van der Waals surface area (Å²) in [6, 6.07) is 7.11. The Morgan fingerprint density at radius 2 is 2.12 bits per heavy atom. The van der Waals surface area contributed by atoms with Gasteiger partial charge in [0.1, 0.15) is 5.58 Å². The van der Waals surface area contributed by atoms with Crippen molar-refractivity contribution < 1.29 is 9.52 Å². The van der Waals surface area contributed by atoms with Crippen molar-refractivity contribution in [2.45, 2.75) is 13.0 Å². The van der Waals surface area contributed by atoms with Crippen molar-refractivity contribution in [3.63, 3.8) is 0 Å². The first-order chi connectivity index (χ1) is 8.28. The van der Waals surface area contributed by atoms with E-state index in [4.69, 9.17) is 4.42 Å². The zero-order valence-electron chi connectivity index (χ0n) is 9.35. The normalized spacial score (nSPS) is 15.0. The Kier molecular flexibility index (Phi) is 2.37. The van der Waals surface area contributed by atoms with Crippen molar-refractivity contribution in [3.05, 3.63) is 40.2 Å². The molecular formula is C13H13NO3. The van der Waals surface area contributed by atoms with Crippen molar-refractivity contribution >= 4 is 16.7 Å². The number of rotatable bonds is 2. The third kappa shape index (κ3) is 1.70. The molecule has 1 aliphatic rings. The molecule has 0 saturated carbocycles. The van der Waals surface area contributed by atoms with Gasteiger partial charge < -0.3 is 14.4 Å². The first-order valence-corrected chi connectivity index (χ1v) is 5.70. The van der Waals surface area contributed by atoms with Crippen molar-refractivity contribution in [1.29, 1.82) is 0 Å². The van der Waals surface area contributed by atoms with Gasteiger partial charge in [-0.05, 0) is 24.1 Å². The minimum Gasteiger partial charge on any atom is -0.423 e. The summed E-state index contributed by atoms with van der Waals surface area (Å²) in [6.07, 6.45) is 1.21. The van der Waals surface area contributed by atoms with Crippen molar-refractivity contribution in [1.82, 2.24) is 0 Å². The molecule has 0 bridgehead atoms. The zero-order valence-corrected chi connectivity index (χ0v) is 9.35. The number of hydrogen-bond donors (Lipinski definition) is 1. The van der Waals surface area contributed by atoms with Gasteiger partial charge in [-0.25, -0.2) is 4.79 Å². The van der Waals surface area contributed by atoms with Crippen LogP contribution in [-0.4, -0.2) is 18.2 Å². The molecule has 2 heterocycles. The Balaban J connectivity index is 2.18. The highest BCUT2D eigenvalue weighted by molar-refractivity contribution is 5.83. The van der Waals surface area contributed by atoms with Gasteiger partial charge in [-0.3, -0.25) is 0 Å². The first kappa shape index (κ1) is 10.4. The summed E-state index contributed by atoms with van der Waals surface area (Å²) >= 11 is 0.